The first kappa shape index (κ1) is 3.62. The Labute approximate surface area is 51.3 Å². The minimum Gasteiger partial charge on any atom is -0.396 e. The summed E-state index contributed by atoms with van der Waals surface area (Å²) in [7, 11) is 0. The third-order valence-corrected chi connectivity index (χ3v) is 1.51. The molecule has 1 saturated carbocycles. The average molecular weight is 116 g/mol. The Hall–Kier alpha value is -0.370. The van der Waals surface area contributed by atoms with E-state index in [1.54, 1.807) is 6.92 Å². The Bertz CT molecular complexity index is 167. The maximum atomic E-state index is 10.8. The van der Waals surface area contributed by atoms with Crippen molar-refractivity contribution in [3.8, 4) is 0 Å². The molecule has 0 saturated heterocycles. The van der Waals surface area contributed by atoms with Crippen LogP contribution in [0.4, 0.5) is 0 Å². The lowest BCUT2D eigenvalue weighted by atomic mass is 9.74. The zero-order valence-corrected chi connectivity index (χ0v) is 4.72. The van der Waals surface area contributed by atoms with Crippen LogP contribution < -0.4 is 0 Å². The second-order valence-electron chi connectivity index (χ2n) is 2.09. The van der Waals surface area contributed by atoms with Crippen molar-refractivity contribution in [1.29, 1.82) is 0 Å². The Kier molecular flexibility index (Phi) is 0.841. The maximum absolute atomic E-state index is 10.8. The zero-order valence-electron chi connectivity index (χ0n) is 6.72. The number of hydrogen-bond acceptors (Lipinski definition) is 2. The van der Waals surface area contributed by atoms with E-state index in [9.17, 15) is 4.79 Å². The zero-order chi connectivity index (χ0) is 7.94. The Balaban J connectivity index is 2.68. The van der Waals surface area contributed by atoms with E-state index in [1.807, 2.05) is 0 Å². The molecule has 8 heavy (non-hydrogen) atoms. The summed E-state index contributed by atoms with van der Waals surface area (Å²) in [6, 6.07) is 0. The van der Waals surface area contributed by atoms with Crippen LogP contribution >= 0.6 is 0 Å². The fourth-order valence-electron chi connectivity index (χ4n) is 0.804. The number of carbonyl (C=O) groups is 1. The van der Waals surface area contributed by atoms with E-state index in [0.717, 1.165) is 0 Å². The van der Waals surface area contributed by atoms with E-state index >= 15 is 0 Å². The molecule has 1 fully saturated rings. The SMILES string of the molecule is [2H]C1([2H])C(=O)C(CO)C1C. The molecule has 2 unspecified atom stereocenters. The van der Waals surface area contributed by atoms with Crippen molar-refractivity contribution in [3.63, 3.8) is 0 Å². The van der Waals surface area contributed by atoms with Gasteiger partial charge in [0.25, 0.3) is 0 Å². The van der Waals surface area contributed by atoms with E-state index in [4.69, 9.17) is 7.85 Å². The van der Waals surface area contributed by atoms with Gasteiger partial charge >= 0.3 is 0 Å². The van der Waals surface area contributed by atoms with E-state index < -0.39 is 18.1 Å². The second kappa shape index (κ2) is 1.86. The second-order valence-corrected chi connectivity index (χ2v) is 2.09. The fraction of sp³-hybridized carbons (Fsp3) is 0.833. The minimum atomic E-state index is -1.69. The van der Waals surface area contributed by atoms with Crippen molar-refractivity contribution in [3.05, 3.63) is 0 Å². The molecule has 0 aromatic carbocycles. The molecule has 1 aliphatic carbocycles. The summed E-state index contributed by atoms with van der Waals surface area (Å²) in [5.41, 5.74) is 0. The Morgan fingerprint density at radius 3 is 3.00 bits per heavy atom. The molecule has 0 aliphatic heterocycles. The molecule has 1 rings (SSSR count). The highest BCUT2D eigenvalue weighted by molar-refractivity contribution is 5.87. The number of carbonyl (C=O) groups excluding carboxylic acids is 1. The van der Waals surface area contributed by atoms with Crippen molar-refractivity contribution in [2.75, 3.05) is 6.61 Å². The monoisotopic (exact) mass is 116 g/mol. The van der Waals surface area contributed by atoms with Crippen molar-refractivity contribution >= 4 is 5.78 Å². The summed E-state index contributed by atoms with van der Waals surface area (Å²) in [5, 5.41) is 8.57. The van der Waals surface area contributed by atoms with Gasteiger partial charge in [-0.15, -0.1) is 0 Å². The van der Waals surface area contributed by atoms with Gasteiger partial charge in [0.05, 0.1) is 6.61 Å². The van der Waals surface area contributed by atoms with Gasteiger partial charge < -0.3 is 5.11 Å². The molecular weight excluding hydrogens is 104 g/mol. The first-order valence-electron chi connectivity index (χ1n) is 3.67. The largest absolute Gasteiger partial charge is 0.396 e. The number of Topliss-reactive ketones (excluding diaryl/α,β-unsaturated/α-hetero) is 1. The van der Waals surface area contributed by atoms with Crippen LogP contribution in [0.3, 0.4) is 0 Å². The van der Waals surface area contributed by atoms with Crippen LogP contribution in [0.2, 0.25) is 0 Å². The third-order valence-electron chi connectivity index (χ3n) is 1.51. The molecule has 0 bridgehead atoms. The fourth-order valence-corrected chi connectivity index (χ4v) is 0.804. The van der Waals surface area contributed by atoms with Gasteiger partial charge in [-0.05, 0) is 5.92 Å². The smallest absolute Gasteiger partial charge is 0.138 e. The number of rotatable bonds is 1. The lowest BCUT2D eigenvalue weighted by Gasteiger charge is -2.29. The van der Waals surface area contributed by atoms with Crippen LogP contribution in [0.5, 0.6) is 0 Å². The van der Waals surface area contributed by atoms with Crippen LogP contribution in [-0.4, -0.2) is 17.5 Å². The molecule has 1 aliphatic rings. The van der Waals surface area contributed by atoms with Gasteiger partial charge in [-0.3, -0.25) is 4.79 Å². The number of ketones is 1. The Morgan fingerprint density at radius 2 is 2.75 bits per heavy atom. The molecule has 0 amide bonds. The molecule has 0 spiro atoms. The van der Waals surface area contributed by atoms with Crippen LogP contribution in [0.1, 0.15) is 16.0 Å². The van der Waals surface area contributed by atoms with Gasteiger partial charge in [0.15, 0.2) is 0 Å². The maximum Gasteiger partial charge on any atom is 0.138 e. The van der Waals surface area contributed by atoms with E-state index in [1.165, 1.54) is 0 Å². The van der Waals surface area contributed by atoms with E-state index in [-0.39, 0.29) is 12.5 Å². The molecule has 1 N–H and O–H groups in total. The Morgan fingerprint density at radius 1 is 2.12 bits per heavy atom. The summed E-state index contributed by atoms with van der Waals surface area (Å²) in [5.74, 6) is -1.25. The highest BCUT2D eigenvalue weighted by Gasteiger charge is 2.35. The summed E-state index contributed by atoms with van der Waals surface area (Å²) >= 11 is 0. The van der Waals surface area contributed by atoms with Crippen molar-refractivity contribution in [2.45, 2.75) is 13.3 Å². The molecule has 46 valence electrons. The summed E-state index contributed by atoms with van der Waals surface area (Å²) in [6.07, 6.45) is -1.69. The molecular formula is C6H10O2. The predicted molar refractivity (Wildman–Crippen MR) is 29.4 cm³/mol. The third kappa shape index (κ3) is 0.650. The van der Waals surface area contributed by atoms with Crippen molar-refractivity contribution < 1.29 is 12.6 Å². The molecule has 0 aromatic heterocycles. The van der Waals surface area contributed by atoms with Gasteiger partial charge in [0.1, 0.15) is 5.78 Å². The standard InChI is InChI=1S/C6H10O2/c1-4-2-6(8)5(4)3-7/h4-5,7H,2-3H2,1H3/i2D2. The molecule has 2 nitrogen and oxygen atoms in total. The van der Waals surface area contributed by atoms with Gasteiger partial charge in [0, 0.05) is 15.0 Å². The highest BCUT2D eigenvalue weighted by atomic mass is 16.3. The summed E-state index contributed by atoms with van der Waals surface area (Å²) < 4.78 is 14.2. The van der Waals surface area contributed by atoms with Gasteiger partial charge in [-0.2, -0.15) is 0 Å². The molecule has 0 aromatic rings. The van der Waals surface area contributed by atoms with Gasteiger partial charge in [0.2, 0.25) is 0 Å². The number of hydrogen-bond donors (Lipinski definition) is 1. The van der Waals surface area contributed by atoms with Crippen LogP contribution in [0.25, 0.3) is 0 Å². The molecule has 2 atom stereocenters. The van der Waals surface area contributed by atoms with Crippen molar-refractivity contribution in [2.24, 2.45) is 11.8 Å². The number of aliphatic hydroxyl groups is 1. The topological polar surface area (TPSA) is 37.3 Å². The molecule has 2 heteroatoms. The summed E-state index contributed by atoms with van der Waals surface area (Å²) in [4.78, 5) is 10.8. The van der Waals surface area contributed by atoms with Crippen LogP contribution in [0.15, 0.2) is 0 Å². The minimum absolute atomic E-state index is 0.223. The van der Waals surface area contributed by atoms with Gasteiger partial charge in [-0.25, -0.2) is 0 Å². The van der Waals surface area contributed by atoms with Crippen LogP contribution in [0, 0.1) is 11.8 Å². The first-order valence-corrected chi connectivity index (χ1v) is 2.67. The average Bonchev–Trinajstić information content (AvgIpc) is 1.89. The highest BCUT2D eigenvalue weighted by Crippen LogP contribution is 2.28. The number of aliphatic hydroxyl groups excluding tert-OH is 1. The lowest BCUT2D eigenvalue weighted by molar-refractivity contribution is -0.135. The first-order chi connectivity index (χ1) is 4.51. The van der Waals surface area contributed by atoms with Gasteiger partial charge in [-0.1, -0.05) is 6.92 Å². The quantitative estimate of drug-likeness (QED) is 0.531. The van der Waals surface area contributed by atoms with Crippen LogP contribution in [-0.2, 0) is 4.79 Å². The van der Waals surface area contributed by atoms with E-state index in [0.29, 0.717) is 0 Å². The molecule has 0 heterocycles. The lowest BCUT2D eigenvalue weighted by Crippen LogP contribution is -2.37. The van der Waals surface area contributed by atoms with E-state index in [2.05, 4.69) is 0 Å². The summed E-state index contributed by atoms with van der Waals surface area (Å²) in [6.45, 7) is 1.42. The van der Waals surface area contributed by atoms with Crippen molar-refractivity contribution in [1.82, 2.24) is 0 Å². The predicted octanol–water partition coefficient (Wildman–Crippen LogP) is 0.204. The normalized spacial score (nSPS) is 47.0. The molecule has 0 radical (unpaired) electrons.